The molecule has 1 atom stereocenters. The second-order valence-corrected chi connectivity index (χ2v) is 8.05. The molecule has 3 aromatic carbocycles. The maximum atomic E-state index is 11.5. The molecule has 1 N–H and O–H groups in total. The minimum absolute atomic E-state index is 0.0337. The van der Waals surface area contributed by atoms with Crippen molar-refractivity contribution in [2.45, 2.75) is 12.5 Å². The van der Waals surface area contributed by atoms with Gasteiger partial charge in [0.15, 0.2) is 0 Å². The fourth-order valence-electron chi connectivity index (χ4n) is 3.94. The highest BCUT2D eigenvalue weighted by molar-refractivity contribution is 9.10. The number of nitrogens with one attached hydrogen (secondary N) is 1. The molecule has 4 aromatic rings. The lowest BCUT2D eigenvalue weighted by Gasteiger charge is -2.33. The first kappa shape index (κ1) is 20.2. The Morgan fingerprint density at radius 2 is 1.73 bits per heavy atom. The number of nitrogens with zero attached hydrogens (tertiary/aromatic N) is 1. The Labute approximate surface area is 184 Å². The predicted octanol–water partition coefficient (Wildman–Crippen LogP) is 5.73. The second kappa shape index (κ2) is 9.18. The molecule has 0 spiro atoms. The molecule has 1 aliphatic rings. The number of ether oxygens (including phenoxy) is 1. The van der Waals surface area contributed by atoms with E-state index < -0.39 is 0 Å². The number of hydrogen-bond donors (Lipinski definition) is 1. The van der Waals surface area contributed by atoms with Crippen molar-refractivity contribution in [1.29, 1.82) is 0 Å². The molecule has 5 heteroatoms. The Bertz CT molecular complexity index is 1130. The van der Waals surface area contributed by atoms with Gasteiger partial charge in [0.25, 0.3) is 0 Å². The van der Waals surface area contributed by atoms with Gasteiger partial charge in [-0.05, 0) is 47.9 Å². The van der Waals surface area contributed by atoms with Crippen molar-refractivity contribution in [3.8, 4) is 5.75 Å². The first-order valence-corrected chi connectivity index (χ1v) is 10.7. The highest BCUT2D eigenvalue weighted by Gasteiger charge is 2.30. The van der Waals surface area contributed by atoms with Crippen molar-refractivity contribution < 1.29 is 9.53 Å². The van der Waals surface area contributed by atoms with Crippen LogP contribution in [0.3, 0.4) is 0 Å². The normalized spacial score (nSPS) is 15.1. The summed E-state index contributed by atoms with van der Waals surface area (Å²) in [5.74, 6) is 0.910. The minimum Gasteiger partial charge on any atom is -0.497 e. The van der Waals surface area contributed by atoms with Gasteiger partial charge in [0.05, 0.1) is 13.2 Å². The third-order valence-corrected chi connectivity index (χ3v) is 5.85. The average Bonchev–Trinajstić information content (AvgIpc) is 3.17. The molecule has 1 amide bonds. The zero-order valence-corrected chi connectivity index (χ0v) is 18.3. The summed E-state index contributed by atoms with van der Waals surface area (Å²) in [7, 11) is 1.66. The molecule has 1 aliphatic heterocycles. The molecule has 0 radical (unpaired) electrons. The molecule has 0 fully saturated rings. The molecular weight excluding hydrogens is 440 g/mol. The van der Waals surface area contributed by atoms with Crippen molar-refractivity contribution in [1.82, 2.24) is 9.88 Å². The number of carbonyl (C=O) groups excluding carboxylic acids is 1. The number of para-hydroxylation sites is 1. The van der Waals surface area contributed by atoms with Gasteiger partial charge in [-0.25, -0.2) is 0 Å². The Hall–Kier alpha value is -3.05. The fourth-order valence-corrected chi connectivity index (χ4v) is 4.30. The van der Waals surface area contributed by atoms with Crippen LogP contribution in [0.1, 0.15) is 22.9 Å². The van der Waals surface area contributed by atoms with E-state index in [2.05, 4.69) is 45.2 Å². The summed E-state index contributed by atoms with van der Waals surface area (Å²) in [5.41, 5.74) is 4.73. The van der Waals surface area contributed by atoms with E-state index in [9.17, 15) is 4.79 Å². The van der Waals surface area contributed by atoms with Crippen LogP contribution in [0, 0.1) is 0 Å². The summed E-state index contributed by atoms with van der Waals surface area (Å²) in [5, 5.41) is 1.25. The molecule has 1 unspecified atom stereocenters. The average molecular weight is 463 g/mol. The second-order valence-electron chi connectivity index (χ2n) is 7.13. The Kier molecular flexibility index (Phi) is 6.19. The Morgan fingerprint density at radius 1 is 1.03 bits per heavy atom. The van der Waals surface area contributed by atoms with Crippen molar-refractivity contribution in [3.05, 3.63) is 100 Å². The number of H-pyrrole nitrogens is 1. The minimum atomic E-state index is -0.0337. The largest absolute Gasteiger partial charge is 0.497 e. The monoisotopic (exact) mass is 462 g/mol. The van der Waals surface area contributed by atoms with Gasteiger partial charge >= 0.3 is 0 Å². The molecule has 4 nitrogen and oxygen atoms in total. The lowest BCUT2D eigenvalue weighted by atomic mass is 9.93. The Morgan fingerprint density at radius 3 is 2.37 bits per heavy atom. The number of benzene rings is 3. The number of aromatic nitrogens is 1. The van der Waals surface area contributed by atoms with Gasteiger partial charge in [0, 0.05) is 27.6 Å². The van der Waals surface area contributed by atoms with Gasteiger partial charge in [0.2, 0.25) is 6.41 Å². The van der Waals surface area contributed by atoms with E-state index in [-0.39, 0.29) is 6.04 Å². The smallest absolute Gasteiger partial charge is 0.210 e. The van der Waals surface area contributed by atoms with E-state index in [1.54, 1.807) is 7.11 Å². The molecule has 0 aliphatic carbocycles. The van der Waals surface area contributed by atoms with Crippen LogP contribution in [0.15, 0.2) is 83.3 Å². The van der Waals surface area contributed by atoms with Crippen LogP contribution in [0.4, 0.5) is 0 Å². The van der Waals surface area contributed by atoms with Gasteiger partial charge in [-0.1, -0.05) is 64.5 Å². The third kappa shape index (κ3) is 4.12. The van der Waals surface area contributed by atoms with E-state index in [0.29, 0.717) is 0 Å². The van der Waals surface area contributed by atoms with E-state index >= 15 is 0 Å². The van der Waals surface area contributed by atoms with E-state index in [1.807, 2.05) is 59.5 Å². The lowest BCUT2D eigenvalue weighted by Crippen LogP contribution is -2.34. The van der Waals surface area contributed by atoms with E-state index in [1.165, 1.54) is 10.9 Å². The fraction of sp³-hybridized carbons (Fsp3) is 0.160. The van der Waals surface area contributed by atoms with Crippen LogP contribution in [0.5, 0.6) is 5.75 Å². The molecular formula is C25H23BrN2O2. The number of halogens is 1. The van der Waals surface area contributed by atoms with Crippen LogP contribution in [0.25, 0.3) is 10.9 Å². The number of carbonyl (C=O) groups is 1. The molecule has 30 heavy (non-hydrogen) atoms. The van der Waals surface area contributed by atoms with Crippen LogP contribution >= 0.6 is 15.9 Å². The van der Waals surface area contributed by atoms with Crippen molar-refractivity contribution in [2.75, 3.05) is 13.7 Å². The van der Waals surface area contributed by atoms with Gasteiger partial charge in [-0.3, -0.25) is 4.79 Å². The molecule has 2 heterocycles. The molecule has 152 valence electrons. The number of hydrogen-bond acceptors (Lipinski definition) is 2. The summed E-state index contributed by atoms with van der Waals surface area (Å²) < 4.78 is 5.99. The summed E-state index contributed by atoms with van der Waals surface area (Å²) >= 11 is 3.55. The number of methoxy groups -OCH3 is 1. The summed E-state index contributed by atoms with van der Waals surface area (Å²) in [6.07, 6.45) is 1.84. The molecule has 0 saturated heterocycles. The van der Waals surface area contributed by atoms with Crippen LogP contribution in [-0.2, 0) is 11.2 Å². The highest BCUT2D eigenvalue weighted by atomic mass is 79.9. The van der Waals surface area contributed by atoms with Crippen molar-refractivity contribution >= 4 is 33.2 Å². The molecule has 0 bridgehead atoms. The van der Waals surface area contributed by atoms with Crippen LogP contribution in [0.2, 0.25) is 0 Å². The van der Waals surface area contributed by atoms with Gasteiger partial charge < -0.3 is 14.6 Å². The van der Waals surface area contributed by atoms with Gasteiger partial charge in [-0.15, -0.1) is 0 Å². The molecule has 1 aromatic heterocycles. The SMILES string of the molecule is COc1ccccc1.O=CN1CCc2c([nH]c3ccc(Br)cc23)C1c1ccccc1. The quantitative estimate of drug-likeness (QED) is 0.395. The number of fused-ring (bicyclic) bond motifs is 3. The number of aromatic amines is 1. The zero-order valence-electron chi connectivity index (χ0n) is 16.7. The first-order valence-electron chi connectivity index (χ1n) is 9.86. The highest BCUT2D eigenvalue weighted by Crippen LogP contribution is 2.38. The summed E-state index contributed by atoms with van der Waals surface area (Å²) in [6.45, 7) is 0.746. The number of rotatable bonds is 3. The number of amides is 1. The van der Waals surface area contributed by atoms with Crippen molar-refractivity contribution in [2.24, 2.45) is 0 Å². The zero-order chi connectivity index (χ0) is 20.9. The summed E-state index contributed by atoms with van der Waals surface area (Å²) in [4.78, 5) is 16.9. The lowest BCUT2D eigenvalue weighted by molar-refractivity contribution is -0.120. The molecule has 5 rings (SSSR count). The first-order chi connectivity index (χ1) is 14.7. The Balaban J connectivity index is 0.000000230. The van der Waals surface area contributed by atoms with Crippen molar-refractivity contribution in [3.63, 3.8) is 0 Å². The topological polar surface area (TPSA) is 45.3 Å². The maximum absolute atomic E-state index is 11.5. The van der Waals surface area contributed by atoms with Gasteiger partial charge in [-0.2, -0.15) is 0 Å². The van der Waals surface area contributed by atoms with Gasteiger partial charge in [0.1, 0.15) is 5.75 Å². The van der Waals surface area contributed by atoms with Crippen LogP contribution < -0.4 is 4.74 Å². The molecule has 0 saturated carbocycles. The third-order valence-electron chi connectivity index (χ3n) is 5.36. The maximum Gasteiger partial charge on any atom is 0.210 e. The summed E-state index contributed by atoms with van der Waals surface area (Å²) in [6, 6.07) is 26.1. The van der Waals surface area contributed by atoms with E-state index in [4.69, 9.17) is 4.74 Å². The predicted molar refractivity (Wildman–Crippen MR) is 124 cm³/mol. The van der Waals surface area contributed by atoms with Crippen LogP contribution in [-0.4, -0.2) is 29.9 Å². The van der Waals surface area contributed by atoms with E-state index in [0.717, 1.165) is 46.4 Å². The standard InChI is InChI=1S/C18H15BrN2O.C7H8O/c19-13-6-7-16-15(10-13)14-8-9-21(11-22)18(17(14)20-16)12-4-2-1-3-5-12;1-8-7-5-3-2-4-6-7/h1-7,10-11,18,20H,8-9H2;2-6H,1H3.